The van der Waals surface area contributed by atoms with Crippen LogP contribution in [0.3, 0.4) is 0 Å². The number of imidazole rings is 1. The molecule has 0 aliphatic carbocycles. The fourth-order valence-corrected chi connectivity index (χ4v) is 2.76. The van der Waals surface area contributed by atoms with Crippen molar-refractivity contribution in [2.24, 2.45) is 0 Å². The van der Waals surface area contributed by atoms with Crippen molar-refractivity contribution < 1.29 is 14.2 Å². The number of hydrogen-bond donors (Lipinski definition) is 0. The van der Waals surface area contributed by atoms with Crippen LogP contribution in [0, 0.1) is 0 Å². The van der Waals surface area contributed by atoms with Gasteiger partial charge in [-0.1, -0.05) is 0 Å². The number of methoxy groups -OCH3 is 1. The van der Waals surface area contributed by atoms with Crippen molar-refractivity contribution in [3.8, 4) is 22.9 Å². The minimum Gasteiger partial charge on any atom is -0.492 e. The highest BCUT2D eigenvalue weighted by atomic mass is 16.5. The minimum atomic E-state index is -0.140. The van der Waals surface area contributed by atoms with E-state index >= 15 is 0 Å². The van der Waals surface area contributed by atoms with E-state index in [1.807, 2.05) is 62.6 Å². The Bertz CT molecular complexity index is 943. The fourth-order valence-electron chi connectivity index (χ4n) is 2.76. The Morgan fingerprint density at radius 3 is 1.69 bits per heavy atom. The predicted molar refractivity (Wildman–Crippen MR) is 113 cm³/mol. The smallest absolute Gasteiger partial charge is 0.337 e. The summed E-state index contributed by atoms with van der Waals surface area (Å²) in [6.45, 7) is 2.48. The first-order valence-corrected chi connectivity index (χ1v) is 9.48. The molecule has 29 heavy (non-hydrogen) atoms. The summed E-state index contributed by atoms with van der Waals surface area (Å²) < 4.78 is 19.4. The van der Waals surface area contributed by atoms with Crippen molar-refractivity contribution in [2.45, 2.75) is 0 Å². The first-order valence-electron chi connectivity index (χ1n) is 9.48. The van der Waals surface area contributed by atoms with Gasteiger partial charge in [0.1, 0.15) is 24.7 Å². The van der Waals surface area contributed by atoms with Crippen LogP contribution in [0.2, 0.25) is 0 Å². The third-order valence-electron chi connectivity index (χ3n) is 4.37. The maximum Gasteiger partial charge on any atom is 0.337 e. The number of ether oxygens (including phenoxy) is 3. The molecular weight excluding hydrogens is 370 g/mol. The topological polar surface area (TPSA) is 57.9 Å². The SMILES string of the molecule is COCCOc1ccc(-n2ccn(-c3ccc(OCCN(C)C)cc3)c2=O)cc1. The lowest BCUT2D eigenvalue weighted by molar-refractivity contribution is 0.146. The Hall–Kier alpha value is -3.03. The molecule has 0 spiro atoms. The molecule has 3 rings (SSSR count). The van der Waals surface area contributed by atoms with Gasteiger partial charge < -0.3 is 19.1 Å². The van der Waals surface area contributed by atoms with Crippen LogP contribution < -0.4 is 15.2 Å². The molecule has 0 saturated carbocycles. The fraction of sp³-hybridized carbons (Fsp3) is 0.318. The number of rotatable bonds is 10. The zero-order valence-electron chi connectivity index (χ0n) is 17.1. The molecule has 1 heterocycles. The van der Waals surface area contributed by atoms with Gasteiger partial charge in [0.2, 0.25) is 0 Å². The highest BCUT2D eigenvalue weighted by Gasteiger charge is 2.08. The molecule has 3 aromatic rings. The molecule has 0 N–H and O–H groups in total. The summed E-state index contributed by atoms with van der Waals surface area (Å²) in [5.41, 5.74) is 1.42. The van der Waals surface area contributed by atoms with Crippen LogP contribution in [-0.2, 0) is 4.74 Å². The summed E-state index contributed by atoms with van der Waals surface area (Å²) >= 11 is 0. The highest BCUT2D eigenvalue weighted by molar-refractivity contribution is 5.40. The van der Waals surface area contributed by atoms with Crippen LogP contribution in [0.25, 0.3) is 11.4 Å². The molecule has 1 aromatic heterocycles. The Kier molecular flexibility index (Phi) is 7.10. The molecule has 7 nitrogen and oxygen atoms in total. The van der Waals surface area contributed by atoms with E-state index < -0.39 is 0 Å². The number of hydrogen-bond acceptors (Lipinski definition) is 5. The third kappa shape index (κ3) is 5.49. The molecule has 154 valence electrons. The van der Waals surface area contributed by atoms with Crippen molar-refractivity contribution in [3.63, 3.8) is 0 Å². The highest BCUT2D eigenvalue weighted by Crippen LogP contribution is 2.17. The Labute approximate surface area is 170 Å². The van der Waals surface area contributed by atoms with E-state index in [0.717, 1.165) is 29.4 Å². The lowest BCUT2D eigenvalue weighted by Gasteiger charge is -2.11. The summed E-state index contributed by atoms with van der Waals surface area (Å²) in [6.07, 6.45) is 3.51. The van der Waals surface area contributed by atoms with Crippen LogP contribution in [-0.4, -0.2) is 61.6 Å². The van der Waals surface area contributed by atoms with Crippen LogP contribution >= 0.6 is 0 Å². The largest absolute Gasteiger partial charge is 0.492 e. The Morgan fingerprint density at radius 2 is 1.24 bits per heavy atom. The second kappa shape index (κ2) is 9.95. The van der Waals surface area contributed by atoms with E-state index in [2.05, 4.69) is 4.90 Å². The lowest BCUT2D eigenvalue weighted by atomic mass is 10.3. The zero-order chi connectivity index (χ0) is 20.6. The lowest BCUT2D eigenvalue weighted by Crippen LogP contribution is -2.21. The van der Waals surface area contributed by atoms with Crippen molar-refractivity contribution in [1.29, 1.82) is 0 Å². The molecule has 0 atom stereocenters. The van der Waals surface area contributed by atoms with E-state index in [1.165, 1.54) is 0 Å². The molecule has 2 aromatic carbocycles. The van der Waals surface area contributed by atoms with E-state index in [0.29, 0.717) is 19.8 Å². The zero-order valence-corrected chi connectivity index (χ0v) is 17.1. The first-order chi connectivity index (χ1) is 14.1. The van der Waals surface area contributed by atoms with E-state index in [-0.39, 0.29) is 5.69 Å². The van der Waals surface area contributed by atoms with Gasteiger partial charge in [-0.2, -0.15) is 0 Å². The predicted octanol–water partition coefficient (Wildman–Crippen LogP) is 2.59. The monoisotopic (exact) mass is 397 g/mol. The van der Waals surface area contributed by atoms with Crippen molar-refractivity contribution in [2.75, 3.05) is 47.6 Å². The quantitative estimate of drug-likeness (QED) is 0.492. The third-order valence-corrected chi connectivity index (χ3v) is 4.37. The van der Waals surface area contributed by atoms with Crippen molar-refractivity contribution in [3.05, 3.63) is 71.4 Å². The van der Waals surface area contributed by atoms with Gasteiger partial charge in [-0.3, -0.25) is 9.13 Å². The van der Waals surface area contributed by atoms with Crippen molar-refractivity contribution >= 4 is 0 Å². The number of nitrogens with zero attached hydrogens (tertiary/aromatic N) is 3. The summed E-state index contributed by atoms with van der Waals surface area (Å²) in [7, 11) is 5.65. The van der Waals surface area contributed by atoms with Crippen LogP contribution in [0.15, 0.2) is 65.7 Å². The Morgan fingerprint density at radius 1 is 0.759 bits per heavy atom. The second-order valence-corrected chi connectivity index (χ2v) is 6.80. The molecular formula is C22H27N3O4. The van der Waals surface area contributed by atoms with E-state index in [4.69, 9.17) is 14.2 Å². The van der Waals surface area contributed by atoms with Gasteiger partial charge in [-0.05, 0) is 62.6 Å². The van der Waals surface area contributed by atoms with Crippen LogP contribution in [0.4, 0.5) is 0 Å². The molecule has 7 heteroatoms. The summed E-state index contributed by atoms with van der Waals surface area (Å²) in [4.78, 5) is 14.9. The van der Waals surface area contributed by atoms with Gasteiger partial charge in [0.05, 0.1) is 18.0 Å². The molecule has 0 saturated heterocycles. The summed E-state index contributed by atoms with van der Waals surface area (Å²) in [5.74, 6) is 1.52. The van der Waals surface area contributed by atoms with Gasteiger partial charge in [-0.15, -0.1) is 0 Å². The van der Waals surface area contributed by atoms with E-state index in [9.17, 15) is 4.79 Å². The van der Waals surface area contributed by atoms with Gasteiger partial charge in [0.25, 0.3) is 0 Å². The average Bonchev–Trinajstić information content (AvgIpc) is 3.10. The molecule has 0 radical (unpaired) electrons. The van der Waals surface area contributed by atoms with E-state index in [1.54, 1.807) is 28.6 Å². The standard InChI is InChI=1S/C22H27N3O4/c1-23(2)14-15-28-20-8-4-18(5-9-20)24-12-13-25(22(24)26)19-6-10-21(11-7-19)29-17-16-27-3/h4-13H,14-17H2,1-3H3. The van der Waals surface area contributed by atoms with Gasteiger partial charge in [0.15, 0.2) is 0 Å². The number of benzene rings is 2. The Balaban J connectivity index is 1.70. The summed E-state index contributed by atoms with van der Waals surface area (Å²) in [5, 5.41) is 0. The molecule has 0 fully saturated rings. The molecule has 0 aliphatic rings. The maximum atomic E-state index is 12.8. The van der Waals surface area contributed by atoms with Crippen LogP contribution in [0.5, 0.6) is 11.5 Å². The van der Waals surface area contributed by atoms with Crippen LogP contribution in [0.1, 0.15) is 0 Å². The normalized spacial score (nSPS) is 11.0. The average molecular weight is 397 g/mol. The molecule has 0 aliphatic heterocycles. The van der Waals surface area contributed by atoms with Gasteiger partial charge in [-0.25, -0.2) is 4.79 Å². The van der Waals surface area contributed by atoms with Gasteiger partial charge >= 0.3 is 5.69 Å². The molecule has 0 amide bonds. The first kappa shape index (κ1) is 20.7. The van der Waals surface area contributed by atoms with Gasteiger partial charge in [0, 0.05) is 26.0 Å². The number of aromatic nitrogens is 2. The second-order valence-electron chi connectivity index (χ2n) is 6.80. The van der Waals surface area contributed by atoms with Crippen molar-refractivity contribution in [1.82, 2.24) is 14.0 Å². The summed E-state index contributed by atoms with van der Waals surface area (Å²) in [6, 6.07) is 14.9. The molecule has 0 bridgehead atoms. The maximum absolute atomic E-state index is 12.8. The minimum absolute atomic E-state index is 0.140. The molecule has 0 unspecified atom stereocenters. The number of likely N-dealkylation sites (N-methyl/N-ethyl adjacent to an activating group) is 1.